The fourth-order valence-corrected chi connectivity index (χ4v) is 4.52. The fraction of sp³-hybridized carbons (Fsp3) is 0.560. The summed E-state index contributed by atoms with van der Waals surface area (Å²) in [6.07, 6.45) is 12.1. The Morgan fingerprint density at radius 3 is 2.24 bits per heavy atom. The Hall–Kier alpha value is -1.68. The predicted octanol–water partition coefficient (Wildman–Crippen LogP) is 8.26. The van der Waals surface area contributed by atoms with Crippen molar-refractivity contribution in [1.82, 2.24) is 0 Å². The molecule has 0 bridgehead atoms. The highest BCUT2D eigenvalue weighted by Gasteiger charge is 2.22. The first-order valence-corrected chi connectivity index (χ1v) is 11.9. The second kappa shape index (κ2) is 13.5. The average molecular weight is 417 g/mol. The van der Waals surface area contributed by atoms with Gasteiger partial charge in [0.05, 0.1) is 0 Å². The molecule has 0 aliphatic carbocycles. The maximum Gasteiger partial charge on any atom is 0.303 e. The van der Waals surface area contributed by atoms with E-state index in [0.29, 0.717) is 0 Å². The largest absolute Gasteiger partial charge is 0.458 e. The van der Waals surface area contributed by atoms with Crippen molar-refractivity contribution in [2.75, 3.05) is 0 Å². The van der Waals surface area contributed by atoms with Crippen LogP contribution in [0.1, 0.15) is 95.5 Å². The molecule has 2 aromatic rings. The molecule has 29 heavy (non-hydrogen) atoms. The van der Waals surface area contributed by atoms with Crippen molar-refractivity contribution < 1.29 is 13.9 Å². The molecule has 1 unspecified atom stereocenters. The van der Waals surface area contributed by atoms with Gasteiger partial charge in [0.1, 0.15) is 11.9 Å². The number of ether oxygens (including phenoxy) is 1. The van der Waals surface area contributed by atoms with E-state index >= 15 is 0 Å². The summed E-state index contributed by atoms with van der Waals surface area (Å²) in [5.74, 6) is 0.614. The molecule has 0 spiro atoms. The molecule has 1 aromatic carbocycles. The van der Waals surface area contributed by atoms with E-state index < -0.39 is 0 Å². The molecule has 0 amide bonds. The maximum absolute atomic E-state index is 11.7. The van der Waals surface area contributed by atoms with Crippen LogP contribution in [-0.2, 0) is 9.53 Å². The van der Waals surface area contributed by atoms with Crippen molar-refractivity contribution in [2.24, 2.45) is 0 Å². The van der Waals surface area contributed by atoms with Gasteiger partial charge in [-0.1, -0.05) is 88.3 Å². The van der Waals surface area contributed by atoms with E-state index in [4.69, 9.17) is 9.15 Å². The number of furan rings is 1. The lowest BCUT2D eigenvalue weighted by Gasteiger charge is -2.17. The van der Waals surface area contributed by atoms with Gasteiger partial charge in [-0.25, -0.2) is 0 Å². The van der Waals surface area contributed by atoms with Crippen LogP contribution in [-0.4, -0.2) is 5.97 Å². The molecule has 0 N–H and O–H groups in total. The Morgan fingerprint density at radius 2 is 1.62 bits per heavy atom. The minimum Gasteiger partial charge on any atom is -0.458 e. The van der Waals surface area contributed by atoms with Crippen LogP contribution in [0.4, 0.5) is 0 Å². The summed E-state index contributed by atoms with van der Waals surface area (Å²) >= 11 is 1.59. The molecule has 160 valence electrons. The van der Waals surface area contributed by atoms with E-state index in [1.807, 2.05) is 31.2 Å². The van der Waals surface area contributed by atoms with Gasteiger partial charge in [-0.05, 0) is 38.0 Å². The van der Waals surface area contributed by atoms with Crippen LogP contribution in [0.15, 0.2) is 50.8 Å². The monoisotopic (exact) mass is 416 g/mol. The molecule has 0 saturated carbocycles. The van der Waals surface area contributed by atoms with E-state index in [1.165, 1.54) is 58.3 Å². The predicted molar refractivity (Wildman–Crippen MR) is 120 cm³/mol. The van der Waals surface area contributed by atoms with E-state index in [9.17, 15) is 4.79 Å². The normalized spacial score (nSPS) is 12.1. The molecular weight excluding hydrogens is 380 g/mol. The Balaban J connectivity index is 1.88. The first-order valence-electron chi connectivity index (χ1n) is 11.1. The number of aryl methyl sites for hydroxylation is 1. The van der Waals surface area contributed by atoms with Crippen molar-refractivity contribution in [3.05, 3.63) is 47.7 Å². The van der Waals surface area contributed by atoms with Crippen LogP contribution in [0, 0.1) is 6.92 Å². The van der Waals surface area contributed by atoms with Gasteiger partial charge in [0, 0.05) is 17.4 Å². The molecule has 1 aromatic heterocycles. The third kappa shape index (κ3) is 9.12. The molecular formula is C25H36O3S. The fourth-order valence-electron chi connectivity index (χ4n) is 3.53. The molecule has 3 nitrogen and oxygen atoms in total. The van der Waals surface area contributed by atoms with Crippen LogP contribution in [0.25, 0.3) is 0 Å². The highest BCUT2D eigenvalue weighted by Crippen LogP contribution is 2.38. The van der Waals surface area contributed by atoms with Gasteiger partial charge in [0.2, 0.25) is 0 Å². The average Bonchev–Trinajstić information content (AvgIpc) is 3.06. The summed E-state index contributed by atoms with van der Waals surface area (Å²) in [5, 5.41) is 0.830. The van der Waals surface area contributed by atoms with Gasteiger partial charge in [-0.15, -0.1) is 0 Å². The second-order valence-electron chi connectivity index (χ2n) is 7.73. The summed E-state index contributed by atoms with van der Waals surface area (Å²) < 4.78 is 11.6. The zero-order valence-corrected chi connectivity index (χ0v) is 19.1. The number of rotatable bonds is 14. The topological polar surface area (TPSA) is 39.4 Å². The number of hydrogen-bond acceptors (Lipinski definition) is 4. The van der Waals surface area contributed by atoms with Crippen LogP contribution in [0.5, 0.6) is 0 Å². The number of esters is 1. The summed E-state index contributed by atoms with van der Waals surface area (Å²) in [4.78, 5) is 12.8. The lowest BCUT2D eigenvalue weighted by molar-refractivity contribution is -0.147. The van der Waals surface area contributed by atoms with Crippen LogP contribution >= 0.6 is 11.8 Å². The molecule has 0 radical (unpaired) electrons. The van der Waals surface area contributed by atoms with E-state index in [1.54, 1.807) is 11.8 Å². The minimum absolute atomic E-state index is 0.235. The van der Waals surface area contributed by atoms with Gasteiger partial charge in [-0.2, -0.15) is 0 Å². The lowest BCUT2D eigenvalue weighted by Crippen LogP contribution is -2.09. The molecule has 1 atom stereocenters. The number of unbranched alkanes of at least 4 members (excludes halogenated alkanes) is 8. The highest BCUT2D eigenvalue weighted by molar-refractivity contribution is 7.99. The minimum atomic E-state index is -0.236. The Bertz CT molecular complexity index is 708. The molecule has 4 heteroatoms. The first-order chi connectivity index (χ1) is 14.1. The van der Waals surface area contributed by atoms with Crippen molar-refractivity contribution in [1.29, 1.82) is 0 Å². The maximum atomic E-state index is 11.7. The third-order valence-electron chi connectivity index (χ3n) is 5.03. The van der Waals surface area contributed by atoms with Crippen molar-refractivity contribution in [2.45, 2.75) is 101 Å². The second-order valence-corrected chi connectivity index (χ2v) is 8.78. The summed E-state index contributed by atoms with van der Waals surface area (Å²) in [7, 11) is 0. The highest BCUT2D eigenvalue weighted by atomic mass is 32.2. The van der Waals surface area contributed by atoms with E-state index in [0.717, 1.165) is 34.2 Å². The van der Waals surface area contributed by atoms with Crippen molar-refractivity contribution >= 4 is 17.7 Å². The lowest BCUT2D eigenvalue weighted by atomic mass is 10.0. The van der Waals surface area contributed by atoms with Crippen molar-refractivity contribution in [3.8, 4) is 0 Å². The molecule has 0 saturated heterocycles. The van der Waals surface area contributed by atoms with Crippen molar-refractivity contribution in [3.63, 3.8) is 0 Å². The van der Waals surface area contributed by atoms with Gasteiger partial charge in [0.25, 0.3) is 0 Å². The SMILES string of the molecule is CCCCCCCCCCCC(OC(C)=O)c1cc(C)oc1Sc1ccccc1. The Labute approximate surface area is 180 Å². The molecule has 0 aliphatic heterocycles. The number of benzene rings is 1. The standard InChI is InChI=1S/C25H36O3S/c1-4-5-6-7-8-9-10-11-15-18-24(28-21(3)26)23-19-20(2)27-25(23)29-22-16-13-12-14-17-22/h12-14,16-17,19,24H,4-11,15,18H2,1-3H3. The van der Waals surface area contributed by atoms with Crippen LogP contribution in [0.3, 0.4) is 0 Å². The Kier molecular flexibility index (Phi) is 11.0. The number of carbonyl (C=O) groups is 1. The summed E-state index contributed by atoms with van der Waals surface area (Å²) in [6.45, 7) is 5.69. The van der Waals surface area contributed by atoms with Gasteiger partial charge >= 0.3 is 5.97 Å². The van der Waals surface area contributed by atoms with Gasteiger partial charge in [-0.3, -0.25) is 4.79 Å². The zero-order valence-electron chi connectivity index (χ0n) is 18.2. The Morgan fingerprint density at radius 1 is 1.00 bits per heavy atom. The summed E-state index contributed by atoms with van der Waals surface area (Å²) in [6, 6.07) is 12.2. The van der Waals surface area contributed by atoms with Crippen LogP contribution < -0.4 is 0 Å². The first kappa shape index (κ1) is 23.6. The molecule has 1 heterocycles. The van der Waals surface area contributed by atoms with E-state index in [-0.39, 0.29) is 12.1 Å². The van der Waals surface area contributed by atoms with Gasteiger partial charge < -0.3 is 9.15 Å². The summed E-state index contributed by atoms with van der Waals surface area (Å²) in [5.41, 5.74) is 0.992. The third-order valence-corrected chi connectivity index (χ3v) is 6.04. The smallest absolute Gasteiger partial charge is 0.303 e. The number of carbonyl (C=O) groups excluding carboxylic acids is 1. The molecule has 2 rings (SSSR count). The molecule has 0 aliphatic rings. The van der Waals surface area contributed by atoms with Crippen LogP contribution in [0.2, 0.25) is 0 Å². The van der Waals surface area contributed by atoms with Gasteiger partial charge in [0.15, 0.2) is 5.09 Å². The quantitative estimate of drug-likeness (QED) is 0.229. The van der Waals surface area contributed by atoms with E-state index in [2.05, 4.69) is 19.1 Å². The molecule has 0 fully saturated rings. The zero-order chi connectivity index (χ0) is 20.9. The number of hydrogen-bond donors (Lipinski definition) is 0.